The lowest BCUT2D eigenvalue weighted by atomic mass is 9.87. The number of carbonyl (C=O) groups is 1. The molecule has 3 aliphatic heterocycles. The van der Waals surface area contributed by atoms with Gasteiger partial charge in [-0.05, 0) is 62.3 Å². The molecule has 21 heavy (non-hydrogen) atoms. The largest absolute Gasteiger partial charge is 0.342 e. The Bertz CT molecular complexity index is 450. The Kier molecular flexibility index (Phi) is 2.90. The van der Waals surface area contributed by atoms with Crippen LogP contribution in [0.2, 0.25) is 0 Å². The van der Waals surface area contributed by atoms with Crippen molar-refractivity contribution in [3.05, 3.63) is 0 Å². The summed E-state index contributed by atoms with van der Waals surface area (Å²) in [6.45, 7) is 4.75. The van der Waals surface area contributed by atoms with E-state index in [1.54, 1.807) is 0 Å². The summed E-state index contributed by atoms with van der Waals surface area (Å²) in [5.74, 6) is 4.17. The van der Waals surface area contributed by atoms with Gasteiger partial charge in [0, 0.05) is 31.6 Å². The molecular formula is C18H28N2O. The molecule has 3 saturated heterocycles. The maximum absolute atomic E-state index is 12.9. The minimum Gasteiger partial charge on any atom is -0.342 e. The van der Waals surface area contributed by atoms with Gasteiger partial charge < -0.3 is 4.90 Å². The molecule has 2 saturated carbocycles. The second-order valence-corrected chi connectivity index (χ2v) is 8.51. The summed E-state index contributed by atoms with van der Waals surface area (Å²) in [4.78, 5) is 18.0. The van der Waals surface area contributed by atoms with Crippen molar-refractivity contribution in [1.82, 2.24) is 9.80 Å². The molecule has 5 fully saturated rings. The molecule has 116 valence electrons. The lowest BCUT2D eigenvalue weighted by Gasteiger charge is -2.34. The SMILES string of the molecule is O=C(C1CC2CCC1C2)N1CC2CN3CCCCC3C2C1. The maximum atomic E-state index is 12.9. The molecule has 1 amide bonds. The highest BCUT2D eigenvalue weighted by Crippen LogP contribution is 2.50. The number of amides is 1. The summed E-state index contributed by atoms with van der Waals surface area (Å²) in [6, 6.07) is 0.807. The lowest BCUT2D eigenvalue weighted by Crippen LogP contribution is -2.42. The number of hydrogen-bond acceptors (Lipinski definition) is 2. The normalized spacial score (nSPS) is 48.7. The predicted octanol–water partition coefficient (Wildman–Crippen LogP) is 2.37. The molecule has 2 aliphatic carbocycles. The number of rotatable bonds is 1. The number of hydrogen-bond donors (Lipinski definition) is 0. The van der Waals surface area contributed by atoms with Crippen LogP contribution in [0.3, 0.4) is 0 Å². The van der Waals surface area contributed by atoms with Gasteiger partial charge in [-0.15, -0.1) is 0 Å². The van der Waals surface area contributed by atoms with E-state index < -0.39 is 0 Å². The van der Waals surface area contributed by atoms with Crippen molar-refractivity contribution in [3.63, 3.8) is 0 Å². The Morgan fingerprint density at radius 3 is 2.67 bits per heavy atom. The van der Waals surface area contributed by atoms with E-state index in [1.165, 1.54) is 58.0 Å². The maximum Gasteiger partial charge on any atom is 0.225 e. The molecule has 0 radical (unpaired) electrons. The average Bonchev–Trinajstić information content (AvgIpc) is 3.25. The zero-order valence-electron chi connectivity index (χ0n) is 13.0. The summed E-state index contributed by atoms with van der Waals surface area (Å²) >= 11 is 0. The first kappa shape index (κ1) is 12.9. The van der Waals surface area contributed by atoms with Crippen molar-refractivity contribution in [1.29, 1.82) is 0 Å². The minimum absolute atomic E-state index is 0.407. The smallest absolute Gasteiger partial charge is 0.225 e. The summed E-state index contributed by atoms with van der Waals surface area (Å²) < 4.78 is 0. The second-order valence-electron chi connectivity index (χ2n) is 8.51. The third kappa shape index (κ3) is 1.92. The standard InChI is InChI=1S/C18H28N2O/c21-18(15-8-12-4-5-13(15)7-12)20-10-14-9-19-6-2-1-3-17(19)16(14)11-20/h12-17H,1-11H2. The van der Waals surface area contributed by atoms with Gasteiger partial charge in [-0.1, -0.05) is 12.8 Å². The quantitative estimate of drug-likeness (QED) is 0.739. The highest BCUT2D eigenvalue weighted by molar-refractivity contribution is 5.80. The molecule has 0 aromatic carbocycles. The van der Waals surface area contributed by atoms with Gasteiger partial charge in [0.15, 0.2) is 0 Å². The van der Waals surface area contributed by atoms with Crippen LogP contribution in [0.1, 0.15) is 44.9 Å². The molecule has 0 aromatic rings. The summed E-state index contributed by atoms with van der Waals surface area (Å²) in [5.41, 5.74) is 0. The number of fused-ring (bicyclic) bond motifs is 5. The Hall–Kier alpha value is -0.570. The molecular weight excluding hydrogens is 260 g/mol. The van der Waals surface area contributed by atoms with E-state index in [0.717, 1.165) is 42.8 Å². The number of likely N-dealkylation sites (tertiary alicyclic amines) is 1. The fourth-order valence-electron chi connectivity index (χ4n) is 6.52. The van der Waals surface area contributed by atoms with Crippen molar-refractivity contribution in [2.24, 2.45) is 29.6 Å². The van der Waals surface area contributed by atoms with Crippen LogP contribution in [0.5, 0.6) is 0 Å². The van der Waals surface area contributed by atoms with E-state index in [0.29, 0.717) is 11.8 Å². The molecule has 0 N–H and O–H groups in total. The lowest BCUT2D eigenvalue weighted by molar-refractivity contribution is -0.136. The van der Waals surface area contributed by atoms with Gasteiger partial charge in [-0.2, -0.15) is 0 Å². The second kappa shape index (κ2) is 4.71. The fraction of sp³-hybridized carbons (Fsp3) is 0.944. The molecule has 3 nitrogen and oxygen atoms in total. The van der Waals surface area contributed by atoms with Gasteiger partial charge in [0.2, 0.25) is 5.91 Å². The van der Waals surface area contributed by atoms with Crippen LogP contribution in [0, 0.1) is 29.6 Å². The summed E-state index contributed by atoms with van der Waals surface area (Å²) in [5, 5.41) is 0. The van der Waals surface area contributed by atoms with Gasteiger partial charge in [-0.3, -0.25) is 9.69 Å². The fourth-order valence-corrected chi connectivity index (χ4v) is 6.52. The first-order chi connectivity index (χ1) is 10.3. The van der Waals surface area contributed by atoms with Gasteiger partial charge in [0.1, 0.15) is 0 Å². The van der Waals surface area contributed by atoms with Crippen LogP contribution in [0.4, 0.5) is 0 Å². The molecule has 3 heterocycles. The van der Waals surface area contributed by atoms with Crippen LogP contribution < -0.4 is 0 Å². The Morgan fingerprint density at radius 2 is 1.86 bits per heavy atom. The van der Waals surface area contributed by atoms with Crippen LogP contribution in [-0.2, 0) is 4.79 Å². The first-order valence-corrected chi connectivity index (χ1v) is 9.32. The van der Waals surface area contributed by atoms with Crippen molar-refractivity contribution >= 4 is 5.91 Å². The molecule has 0 aromatic heterocycles. The van der Waals surface area contributed by atoms with Crippen LogP contribution >= 0.6 is 0 Å². The zero-order chi connectivity index (χ0) is 14.0. The summed E-state index contributed by atoms with van der Waals surface area (Å²) in [6.07, 6.45) is 9.49. The molecule has 6 unspecified atom stereocenters. The van der Waals surface area contributed by atoms with Gasteiger partial charge >= 0.3 is 0 Å². The van der Waals surface area contributed by atoms with E-state index >= 15 is 0 Å². The van der Waals surface area contributed by atoms with E-state index in [4.69, 9.17) is 0 Å². The van der Waals surface area contributed by atoms with Crippen molar-refractivity contribution in [2.75, 3.05) is 26.2 Å². The summed E-state index contributed by atoms with van der Waals surface area (Å²) in [7, 11) is 0. The molecule has 5 rings (SSSR count). The first-order valence-electron chi connectivity index (χ1n) is 9.32. The highest BCUT2D eigenvalue weighted by Gasteiger charge is 2.51. The molecule has 5 aliphatic rings. The number of nitrogens with zero attached hydrogens (tertiary/aromatic N) is 2. The van der Waals surface area contributed by atoms with Crippen LogP contribution in [0.25, 0.3) is 0 Å². The minimum atomic E-state index is 0.407. The Morgan fingerprint density at radius 1 is 0.905 bits per heavy atom. The third-order valence-corrected chi connectivity index (χ3v) is 7.49. The van der Waals surface area contributed by atoms with Crippen molar-refractivity contribution in [2.45, 2.75) is 51.0 Å². The van der Waals surface area contributed by atoms with Crippen molar-refractivity contribution in [3.8, 4) is 0 Å². The van der Waals surface area contributed by atoms with E-state index in [9.17, 15) is 4.79 Å². The molecule has 6 atom stereocenters. The highest BCUT2D eigenvalue weighted by atomic mass is 16.2. The monoisotopic (exact) mass is 288 g/mol. The van der Waals surface area contributed by atoms with Gasteiger partial charge in [-0.25, -0.2) is 0 Å². The van der Waals surface area contributed by atoms with Gasteiger partial charge in [0.25, 0.3) is 0 Å². The van der Waals surface area contributed by atoms with E-state index in [1.807, 2.05) is 0 Å². The Labute approximate surface area is 128 Å². The molecule has 2 bridgehead atoms. The number of piperidine rings is 1. The zero-order valence-corrected chi connectivity index (χ0v) is 13.0. The Balaban J connectivity index is 1.27. The predicted molar refractivity (Wildman–Crippen MR) is 81.7 cm³/mol. The van der Waals surface area contributed by atoms with Gasteiger partial charge in [0.05, 0.1) is 0 Å². The average molecular weight is 288 g/mol. The molecule has 0 spiro atoms. The third-order valence-electron chi connectivity index (χ3n) is 7.49. The number of carbonyl (C=O) groups excluding carboxylic acids is 1. The topological polar surface area (TPSA) is 23.6 Å². The van der Waals surface area contributed by atoms with Crippen LogP contribution in [0.15, 0.2) is 0 Å². The van der Waals surface area contributed by atoms with Crippen LogP contribution in [-0.4, -0.2) is 47.9 Å². The molecule has 3 heteroatoms. The van der Waals surface area contributed by atoms with Crippen molar-refractivity contribution < 1.29 is 4.79 Å². The van der Waals surface area contributed by atoms with E-state index in [-0.39, 0.29) is 0 Å². The van der Waals surface area contributed by atoms with E-state index in [2.05, 4.69) is 9.80 Å².